The molecule has 1 aliphatic rings. The molecule has 0 bridgehead atoms. The molecule has 0 atom stereocenters. The Morgan fingerprint density at radius 3 is 3.00 bits per heavy atom. The van der Waals surface area contributed by atoms with E-state index < -0.39 is 0 Å². The van der Waals surface area contributed by atoms with Crippen LogP contribution in [0, 0.1) is 0 Å². The molecule has 0 aromatic carbocycles. The third kappa shape index (κ3) is 3.52. The molecule has 20 heavy (non-hydrogen) atoms. The number of carbonyl (C=O) groups is 1. The van der Waals surface area contributed by atoms with E-state index >= 15 is 0 Å². The van der Waals surface area contributed by atoms with E-state index in [9.17, 15) is 4.79 Å². The minimum absolute atomic E-state index is 0.351. The van der Waals surface area contributed by atoms with Crippen LogP contribution >= 0.6 is 0 Å². The van der Waals surface area contributed by atoms with Crippen molar-refractivity contribution in [3.8, 4) is 0 Å². The highest BCUT2D eigenvalue weighted by Crippen LogP contribution is 2.17. The van der Waals surface area contributed by atoms with Crippen LogP contribution in [0.3, 0.4) is 0 Å². The summed E-state index contributed by atoms with van der Waals surface area (Å²) in [6, 6.07) is 0. The summed E-state index contributed by atoms with van der Waals surface area (Å²) < 4.78 is 10.1. The van der Waals surface area contributed by atoms with Crippen molar-refractivity contribution in [1.82, 2.24) is 15.3 Å². The van der Waals surface area contributed by atoms with E-state index in [0.29, 0.717) is 37.7 Å². The monoisotopic (exact) mass is 279 g/mol. The van der Waals surface area contributed by atoms with Crippen LogP contribution in [0.5, 0.6) is 0 Å². The van der Waals surface area contributed by atoms with E-state index in [0.717, 1.165) is 30.6 Å². The summed E-state index contributed by atoms with van der Waals surface area (Å²) in [7, 11) is 1.67. The van der Waals surface area contributed by atoms with Gasteiger partial charge in [-0.05, 0) is 13.3 Å². The largest absolute Gasteiger partial charge is 0.461 e. The van der Waals surface area contributed by atoms with Crippen molar-refractivity contribution in [3.63, 3.8) is 0 Å². The number of hydrogen-bond acceptors (Lipinski definition) is 6. The lowest BCUT2D eigenvalue weighted by atomic mass is 10.0. The number of ether oxygens (including phenoxy) is 2. The molecular weight excluding hydrogens is 258 g/mol. The Morgan fingerprint density at radius 2 is 2.25 bits per heavy atom. The quantitative estimate of drug-likeness (QED) is 0.615. The third-order valence-corrected chi connectivity index (χ3v) is 3.20. The first kappa shape index (κ1) is 14.9. The van der Waals surface area contributed by atoms with Gasteiger partial charge in [0, 0.05) is 45.2 Å². The van der Waals surface area contributed by atoms with Crippen molar-refractivity contribution in [2.75, 3.05) is 26.9 Å². The molecule has 1 N–H and O–H groups in total. The summed E-state index contributed by atoms with van der Waals surface area (Å²) in [5.41, 5.74) is 2.26. The van der Waals surface area contributed by atoms with Gasteiger partial charge < -0.3 is 14.8 Å². The first-order valence-corrected chi connectivity index (χ1v) is 7.01. The van der Waals surface area contributed by atoms with Crippen LogP contribution < -0.4 is 5.32 Å². The molecule has 0 aliphatic carbocycles. The van der Waals surface area contributed by atoms with Gasteiger partial charge in [-0.15, -0.1) is 0 Å². The van der Waals surface area contributed by atoms with Gasteiger partial charge in [-0.25, -0.2) is 14.8 Å². The molecule has 2 rings (SSSR count). The zero-order valence-electron chi connectivity index (χ0n) is 12.1. The Hall–Kier alpha value is -1.53. The maximum absolute atomic E-state index is 12.0. The maximum Gasteiger partial charge on any atom is 0.357 e. The normalized spacial score (nSPS) is 13.9. The van der Waals surface area contributed by atoms with Crippen LogP contribution in [-0.4, -0.2) is 42.8 Å². The number of nitrogens with zero attached hydrogens (tertiary/aromatic N) is 2. The fraction of sp³-hybridized carbons (Fsp3) is 0.643. The topological polar surface area (TPSA) is 73.3 Å². The predicted octanol–water partition coefficient (Wildman–Crippen LogP) is 0.878. The molecule has 0 saturated heterocycles. The molecule has 6 nitrogen and oxygen atoms in total. The summed E-state index contributed by atoms with van der Waals surface area (Å²) in [6.07, 6.45) is 2.37. The zero-order chi connectivity index (χ0) is 14.4. The molecule has 2 heterocycles. The third-order valence-electron chi connectivity index (χ3n) is 3.20. The number of methoxy groups -OCH3 is 1. The second-order valence-electron chi connectivity index (χ2n) is 4.66. The Morgan fingerprint density at radius 1 is 1.40 bits per heavy atom. The molecule has 0 spiro atoms. The minimum Gasteiger partial charge on any atom is -0.461 e. The number of nitrogens with one attached hydrogen (secondary N) is 1. The highest BCUT2D eigenvalue weighted by atomic mass is 16.5. The molecular formula is C14H21N3O3. The van der Waals surface area contributed by atoms with Crippen molar-refractivity contribution >= 4 is 5.97 Å². The van der Waals surface area contributed by atoms with E-state index in [4.69, 9.17) is 9.47 Å². The first-order chi connectivity index (χ1) is 9.76. The fourth-order valence-corrected chi connectivity index (χ4v) is 2.25. The van der Waals surface area contributed by atoms with Gasteiger partial charge in [0.15, 0.2) is 5.69 Å². The van der Waals surface area contributed by atoms with E-state index in [1.165, 1.54) is 0 Å². The summed E-state index contributed by atoms with van der Waals surface area (Å²) in [5, 5.41) is 3.24. The molecule has 0 saturated carbocycles. The van der Waals surface area contributed by atoms with Crippen molar-refractivity contribution in [1.29, 1.82) is 0 Å². The van der Waals surface area contributed by atoms with Gasteiger partial charge in [0.1, 0.15) is 5.82 Å². The van der Waals surface area contributed by atoms with Crippen LogP contribution in [0.4, 0.5) is 0 Å². The number of aryl methyl sites for hydroxylation is 1. The van der Waals surface area contributed by atoms with Gasteiger partial charge in [0.05, 0.1) is 12.3 Å². The van der Waals surface area contributed by atoms with Gasteiger partial charge in [-0.1, -0.05) is 0 Å². The fourth-order valence-electron chi connectivity index (χ4n) is 2.25. The SMILES string of the molecule is CCOC(=O)c1nc(CCCOC)nc2c1CNCC2. The molecule has 6 heteroatoms. The van der Waals surface area contributed by atoms with Gasteiger partial charge in [-0.3, -0.25) is 0 Å². The van der Waals surface area contributed by atoms with Crippen LogP contribution in [0.2, 0.25) is 0 Å². The highest BCUT2D eigenvalue weighted by molar-refractivity contribution is 5.89. The van der Waals surface area contributed by atoms with E-state index in [1.807, 2.05) is 0 Å². The van der Waals surface area contributed by atoms with Crippen LogP contribution in [0.25, 0.3) is 0 Å². The van der Waals surface area contributed by atoms with E-state index in [2.05, 4.69) is 15.3 Å². The van der Waals surface area contributed by atoms with Crippen molar-refractivity contribution in [2.45, 2.75) is 32.7 Å². The molecule has 1 aromatic heterocycles. The molecule has 0 radical (unpaired) electrons. The Bertz CT molecular complexity index is 477. The Kier molecular flexibility index (Phi) is 5.43. The van der Waals surface area contributed by atoms with Crippen LogP contribution in [0.1, 0.15) is 40.9 Å². The zero-order valence-corrected chi connectivity index (χ0v) is 12.1. The second-order valence-corrected chi connectivity index (χ2v) is 4.66. The van der Waals surface area contributed by atoms with E-state index in [1.54, 1.807) is 14.0 Å². The predicted molar refractivity (Wildman–Crippen MR) is 73.6 cm³/mol. The lowest BCUT2D eigenvalue weighted by Gasteiger charge is -2.19. The van der Waals surface area contributed by atoms with Gasteiger partial charge >= 0.3 is 5.97 Å². The lowest BCUT2D eigenvalue weighted by Crippen LogP contribution is -2.29. The molecule has 0 unspecified atom stereocenters. The van der Waals surface area contributed by atoms with Crippen LogP contribution in [0.15, 0.2) is 0 Å². The number of aromatic nitrogens is 2. The molecule has 1 aromatic rings. The molecule has 110 valence electrons. The average Bonchev–Trinajstić information content (AvgIpc) is 2.47. The van der Waals surface area contributed by atoms with Crippen LogP contribution in [-0.2, 0) is 28.9 Å². The average molecular weight is 279 g/mol. The van der Waals surface area contributed by atoms with Crippen molar-refractivity contribution in [2.24, 2.45) is 0 Å². The molecule has 0 fully saturated rings. The number of rotatable bonds is 6. The number of hydrogen-bond donors (Lipinski definition) is 1. The van der Waals surface area contributed by atoms with Crippen molar-refractivity contribution in [3.05, 3.63) is 22.8 Å². The van der Waals surface area contributed by atoms with Gasteiger partial charge in [0.2, 0.25) is 0 Å². The maximum atomic E-state index is 12.0. The summed E-state index contributed by atoms with van der Waals surface area (Å²) >= 11 is 0. The number of fused-ring (bicyclic) bond motifs is 1. The number of esters is 1. The molecule has 1 aliphatic heterocycles. The molecule has 0 amide bonds. The smallest absolute Gasteiger partial charge is 0.357 e. The van der Waals surface area contributed by atoms with Crippen molar-refractivity contribution < 1.29 is 14.3 Å². The second kappa shape index (κ2) is 7.31. The Balaban J connectivity index is 2.26. The highest BCUT2D eigenvalue weighted by Gasteiger charge is 2.22. The summed E-state index contributed by atoms with van der Waals surface area (Å²) in [4.78, 5) is 21.0. The summed E-state index contributed by atoms with van der Waals surface area (Å²) in [5.74, 6) is 0.341. The summed E-state index contributed by atoms with van der Waals surface area (Å²) in [6.45, 7) is 4.32. The number of carbonyl (C=O) groups excluding carboxylic acids is 1. The standard InChI is InChI=1S/C14H21N3O3/c1-3-20-14(18)13-10-9-15-7-6-11(10)16-12(17-13)5-4-8-19-2/h15H,3-9H2,1-2H3. The van der Waals surface area contributed by atoms with E-state index in [-0.39, 0.29) is 5.97 Å². The Labute approximate surface area is 118 Å². The minimum atomic E-state index is -0.358. The van der Waals surface area contributed by atoms with Gasteiger partial charge in [0.25, 0.3) is 0 Å². The van der Waals surface area contributed by atoms with Gasteiger partial charge in [-0.2, -0.15) is 0 Å². The lowest BCUT2D eigenvalue weighted by molar-refractivity contribution is 0.0516. The first-order valence-electron chi connectivity index (χ1n) is 7.01.